The fraction of sp³-hybridized carbons (Fsp3) is 0.933. The monoisotopic (exact) mass is 267 g/mol. The third kappa shape index (κ3) is 5.49. The fourth-order valence-corrected chi connectivity index (χ4v) is 3.19. The van der Waals surface area contributed by atoms with Gasteiger partial charge in [0.1, 0.15) is 0 Å². The first-order valence-corrected chi connectivity index (χ1v) is 8.01. The maximum absolute atomic E-state index is 12.1. The Hall–Kier alpha value is -0.610. The Morgan fingerprint density at radius 1 is 1.00 bits per heavy atom. The number of hydrogen-bond donors (Lipinski definition) is 2. The summed E-state index contributed by atoms with van der Waals surface area (Å²) < 4.78 is 0. The van der Waals surface area contributed by atoms with Crippen LogP contribution in [0.3, 0.4) is 0 Å². The van der Waals surface area contributed by atoms with Gasteiger partial charge in [0.15, 0.2) is 0 Å². The predicted molar refractivity (Wildman–Crippen MR) is 77.9 cm³/mol. The molecule has 0 bridgehead atoms. The van der Waals surface area contributed by atoms with Gasteiger partial charge in [0.2, 0.25) is 5.91 Å². The highest BCUT2D eigenvalue weighted by molar-refractivity contribution is 5.78. The lowest BCUT2D eigenvalue weighted by Gasteiger charge is -2.30. The SMILES string of the molecule is NC1CCN(CC(=O)NC2CCCCCCC2)CC1. The average molecular weight is 267 g/mol. The van der Waals surface area contributed by atoms with Gasteiger partial charge in [-0.05, 0) is 25.7 Å². The molecule has 3 N–H and O–H groups in total. The number of amides is 1. The highest BCUT2D eigenvalue weighted by atomic mass is 16.2. The number of carbonyl (C=O) groups is 1. The lowest BCUT2D eigenvalue weighted by molar-refractivity contribution is -0.123. The van der Waals surface area contributed by atoms with Gasteiger partial charge < -0.3 is 11.1 Å². The molecule has 4 nitrogen and oxygen atoms in total. The van der Waals surface area contributed by atoms with E-state index in [0.717, 1.165) is 38.8 Å². The summed E-state index contributed by atoms with van der Waals surface area (Å²) in [5, 5.41) is 3.23. The van der Waals surface area contributed by atoms with E-state index in [4.69, 9.17) is 5.73 Å². The molecule has 1 amide bonds. The Labute approximate surface area is 117 Å². The molecule has 0 radical (unpaired) electrons. The van der Waals surface area contributed by atoms with Gasteiger partial charge in [-0.2, -0.15) is 0 Å². The van der Waals surface area contributed by atoms with Crippen molar-refractivity contribution in [3.63, 3.8) is 0 Å². The molecule has 1 saturated heterocycles. The molecule has 0 aromatic rings. The molecule has 1 saturated carbocycles. The van der Waals surface area contributed by atoms with Crippen molar-refractivity contribution in [2.75, 3.05) is 19.6 Å². The van der Waals surface area contributed by atoms with E-state index in [-0.39, 0.29) is 5.91 Å². The van der Waals surface area contributed by atoms with E-state index in [1.165, 1.54) is 32.1 Å². The van der Waals surface area contributed by atoms with Crippen molar-refractivity contribution in [3.8, 4) is 0 Å². The quantitative estimate of drug-likeness (QED) is 0.817. The molecule has 1 heterocycles. The van der Waals surface area contributed by atoms with Crippen molar-refractivity contribution in [2.24, 2.45) is 5.73 Å². The summed E-state index contributed by atoms with van der Waals surface area (Å²) in [6.45, 7) is 2.50. The van der Waals surface area contributed by atoms with Gasteiger partial charge in [-0.3, -0.25) is 9.69 Å². The average Bonchev–Trinajstić information content (AvgIpc) is 2.35. The summed E-state index contributed by atoms with van der Waals surface area (Å²) in [5.41, 5.74) is 5.88. The molecular formula is C15H29N3O. The van der Waals surface area contributed by atoms with E-state index in [9.17, 15) is 4.79 Å². The number of hydrogen-bond acceptors (Lipinski definition) is 3. The van der Waals surface area contributed by atoms with Crippen LogP contribution in [0.4, 0.5) is 0 Å². The van der Waals surface area contributed by atoms with Crippen LogP contribution in [0.15, 0.2) is 0 Å². The number of rotatable bonds is 3. The van der Waals surface area contributed by atoms with Crippen LogP contribution in [0.25, 0.3) is 0 Å². The minimum absolute atomic E-state index is 0.209. The summed E-state index contributed by atoms with van der Waals surface area (Å²) in [5.74, 6) is 0.209. The number of piperidine rings is 1. The Bertz CT molecular complexity index is 267. The smallest absolute Gasteiger partial charge is 0.234 e. The zero-order valence-corrected chi connectivity index (χ0v) is 12.1. The van der Waals surface area contributed by atoms with Gasteiger partial charge in [-0.1, -0.05) is 32.1 Å². The summed E-state index contributed by atoms with van der Waals surface area (Å²) >= 11 is 0. The molecule has 0 aromatic carbocycles. The highest BCUT2D eigenvalue weighted by Crippen LogP contribution is 2.17. The van der Waals surface area contributed by atoms with Crippen LogP contribution in [0.5, 0.6) is 0 Å². The second-order valence-corrected chi connectivity index (χ2v) is 6.22. The summed E-state index contributed by atoms with van der Waals surface area (Å²) in [7, 11) is 0. The van der Waals surface area contributed by atoms with E-state index in [1.54, 1.807) is 0 Å². The van der Waals surface area contributed by atoms with Crippen LogP contribution in [-0.2, 0) is 4.79 Å². The molecule has 19 heavy (non-hydrogen) atoms. The molecule has 2 rings (SSSR count). The second-order valence-electron chi connectivity index (χ2n) is 6.22. The molecule has 110 valence electrons. The second kappa shape index (κ2) is 7.85. The van der Waals surface area contributed by atoms with Crippen LogP contribution in [-0.4, -0.2) is 42.5 Å². The van der Waals surface area contributed by atoms with Gasteiger partial charge in [0.05, 0.1) is 6.54 Å². The molecule has 0 unspecified atom stereocenters. The summed E-state index contributed by atoms with van der Waals surface area (Å²) in [4.78, 5) is 14.3. The van der Waals surface area contributed by atoms with Crippen molar-refractivity contribution < 1.29 is 4.79 Å². The third-order valence-electron chi connectivity index (χ3n) is 4.47. The van der Waals surface area contributed by atoms with Crippen LogP contribution >= 0.6 is 0 Å². The van der Waals surface area contributed by atoms with E-state index in [1.807, 2.05) is 0 Å². The number of nitrogens with one attached hydrogen (secondary N) is 1. The van der Waals surface area contributed by atoms with E-state index in [0.29, 0.717) is 18.6 Å². The van der Waals surface area contributed by atoms with Crippen molar-refractivity contribution in [1.29, 1.82) is 0 Å². The number of likely N-dealkylation sites (tertiary alicyclic amines) is 1. The molecule has 1 aliphatic carbocycles. The van der Waals surface area contributed by atoms with Crippen LogP contribution in [0, 0.1) is 0 Å². The van der Waals surface area contributed by atoms with Gasteiger partial charge in [-0.25, -0.2) is 0 Å². The lowest BCUT2D eigenvalue weighted by atomic mass is 9.97. The molecule has 2 aliphatic rings. The first kappa shape index (κ1) is 14.8. The van der Waals surface area contributed by atoms with Gasteiger partial charge in [-0.15, -0.1) is 0 Å². The normalized spacial score (nSPS) is 24.7. The van der Waals surface area contributed by atoms with Gasteiger partial charge >= 0.3 is 0 Å². The largest absolute Gasteiger partial charge is 0.352 e. The van der Waals surface area contributed by atoms with E-state index >= 15 is 0 Å². The van der Waals surface area contributed by atoms with Gasteiger partial charge in [0, 0.05) is 25.2 Å². The number of nitrogens with two attached hydrogens (primary N) is 1. The van der Waals surface area contributed by atoms with Crippen LogP contribution < -0.4 is 11.1 Å². The minimum atomic E-state index is 0.209. The molecule has 1 aliphatic heterocycles. The Morgan fingerprint density at radius 2 is 1.58 bits per heavy atom. The van der Waals surface area contributed by atoms with Crippen molar-refractivity contribution >= 4 is 5.91 Å². The molecule has 0 aromatic heterocycles. The molecule has 4 heteroatoms. The predicted octanol–water partition coefficient (Wildman–Crippen LogP) is 1.64. The van der Waals surface area contributed by atoms with E-state index < -0.39 is 0 Å². The Balaban J connectivity index is 1.67. The maximum Gasteiger partial charge on any atom is 0.234 e. The highest BCUT2D eigenvalue weighted by Gasteiger charge is 2.20. The fourth-order valence-electron chi connectivity index (χ4n) is 3.19. The summed E-state index contributed by atoms with van der Waals surface area (Å²) in [6, 6.07) is 0.754. The van der Waals surface area contributed by atoms with Gasteiger partial charge in [0.25, 0.3) is 0 Å². The van der Waals surface area contributed by atoms with E-state index in [2.05, 4.69) is 10.2 Å². The first-order chi connectivity index (χ1) is 9.24. The lowest BCUT2D eigenvalue weighted by Crippen LogP contribution is -2.46. The van der Waals surface area contributed by atoms with Crippen LogP contribution in [0.2, 0.25) is 0 Å². The molecule has 0 spiro atoms. The topological polar surface area (TPSA) is 58.4 Å². The van der Waals surface area contributed by atoms with Crippen molar-refractivity contribution in [3.05, 3.63) is 0 Å². The standard InChI is InChI=1S/C15H29N3O/c16-13-8-10-18(11-9-13)12-15(19)17-14-6-4-2-1-3-5-7-14/h13-14H,1-12,16H2,(H,17,19). The third-order valence-corrected chi connectivity index (χ3v) is 4.47. The minimum Gasteiger partial charge on any atom is -0.352 e. The zero-order valence-electron chi connectivity index (χ0n) is 12.1. The molecule has 2 fully saturated rings. The Kier molecular flexibility index (Phi) is 6.11. The van der Waals surface area contributed by atoms with Crippen LogP contribution in [0.1, 0.15) is 57.8 Å². The maximum atomic E-state index is 12.1. The zero-order chi connectivity index (χ0) is 13.5. The number of nitrogens with zero attached hydrogens (tertiary/aromatic N) is 1. The number of carbonyl (C=O) groups excluding carboxylic acids is 1. The Morgan fingerprint density at radius 3 is 2.21 bits per heavy atom. The van der Waals surface area contributed by atoms with Crippen molar-refractivity contribution in [1.82, 2.24) is 10.2 Å². The summed E-state index contributed by atoms with van der Waals surface area (Å²) in [6.07, 6.45) is 10.9. The van der Waals surface area contributed by atoms with Crippen molar-refractivity contribution in [2.45, 2.75) is 69.9 Å². The molecule has 0 atom stereocenters. The molecular weight excluding hydrogens is 238 g/mol. The first-order valence-electron chi connectivity index (χ1n) is 8.01.